The molecule has 1 aliphatic carbocycles. The topological polar surface area (TPSA) is 81.8 Å². The van der Waals surface area contributed by atoms with Gasteiger partial charge in [-0.05, 0) is 31.0 Å². The fourth-order valence-corrected chi connectivity index (χ4v) is 3.91. The molecule has 1 aromatic rings. The Hall–Kier alpha value is -2.48. The van der Waals surface area contributed by atoms with Crippen molar-refractivity contribution in [3.63, 3.8) is 0 Å². The zero-order chi connectivity index (χ0) is 20.6. The van der Waals surface area contributed by atoms with Gasteiger partial charge in [0.2, 0.25) is 17.7 Å². The summed E-state index contributed by atoms with van der Waals surface area (Å²) in [5.41, 5.74) is 0.428. The monoisotopic (exact) mass is 404 g/mol. The van der Waals surface area contributed by atoms with E-state index in [0.717, 1.165) is 25.7 Å². The van der Waals surface area contributed by atoms with Crippen LogP contribution in [0.15, 0.2) is 24.3 Å². The second-order valence-corrected chi connectivity index (χ2v) is 7.77. The summed E-state index contributed by atoms with van der Waals surface area (Å²) >= 11 is 0. The van der Waals surface area contributed by atoms with Crippen LogP contribution >= 0.6 is 0 Å². The van der Waals surface area contributed by atoms with Gasteiger partial charge >= 0.3 is 0 Å². The van der Waals surface area contributed by atoms with Gasteiger partial charge in [0, 0.05) is 37.8 Å². The lowest BCUT2D eigenvalue weighted by molar-refractivity contribution is -0.135. The molecule has 7 nitrogen and oxygen atoms in total. The molecule has 158 valence electrons. The first kappa shape index (κ1) is 21.2. The molecule has 0 bridgehead atoms. The number of nitrogens with zero attached hydrogens (tertiary/aromatic N) is 2. The Bertz CT molecular complexity index is 728. The highest BCUT2D eigenvalue weighted by Crippen LogP contribution is 2.23. The summed E-state index contributed by atoms with van der Waals surface area (Å²) < 4.78 is 13.2. The molecule has 0 unspecified atom stereocenters. The maximum atomic E-state index is 13.2. The Labute approximate surface area is 170 Å². The van der Waals surface area contributed by atoms with Crippen molar-refractivity contribution >= 4 is 23.4 Å². The largest absolute Gasteiger partial charge is 0.347 e. The minimum atomic E-state index is -0.398. The Morgan fingerprint density at radius 1 is 1.03 bits per heavy atom. The molecular weight excluding hydrogens is 375 g/mol. The molecule has 3 amide bonds. The maximum absolute atomic E-state index is 13.2. The highest BCUT2D eigenvalue weighted by molar-refractivity contribution is 5.92. The summed E-state index contributed by atoms with van der Waals surface area (Å²) in [6, 6.07) is 5.78. The van der Waals surface area contributed by atoms with E-state index in [1.165, 1.54) is 18.6 Å². The molecule has 2 aliphatic rings. The van der Waals surface area contributed by atoms with Gasteiger partial charge in [-0.25, -0.2) is 4.39 Å². The van der Waals surface area contributed by atoms with Crippen molar-refractivity contribution in [2.75, 3.05) is 44.6 Å². The maximum Gasteiger partial charge on any atom is 0.242 e. The van der Waals surface area contributed by atoms with Crippen LogP contribution in [0.5, 0.6) is 0 Å². The molecule has 1 heterocycles. The van der Waals surface area contributed by atoms with Gasteiger partial charge in [-0.1, -0.05) is 25.3 Å². The Balaban J connectivity index is 1.35. The molecule has 0 aromatic heterocycles. The predicted octanol–water partition coefficient (Wildman–Crippen LogP) is 1.60. The van der Waals surface area contributed by atoms with Crippen LogP contribution in [0.1, 0.15) is 32.1 Å². The second-order valence-electron chi connectivity index (χ2n) is 7.77. The average Bonchev–Trinajstić information content (AvgIpc) is 2.73. The van der Waals surface area contributed by atoms with Gasteiger partial charge in [-0.3, -0.25) is 19.3 Å². The third-order valence-electron chi connectivity index (χ3n) is 5.59. The van der Waals surface area contributed by atoms with Crippen LogP contribution in [-0.2, 0) is 14.4 Å². The van der Waals surface area contributed by atoms with Crippen LogP contribution in [0.4, 0.5) is 10.1 Å². The van der Waals surface area contributed by atoms with Crippen molar-refractivity contribution in [3.8, 4) is 0 Å². The smallest absolute Gasteiger partial charge is 0.242 e. The molecule has 0 spiro atoms. The van der Waals surface area contributed by atoms with Gasteiger partial charge in [-0.15, -0.1) is 0 Å². The number of benzene rings is 1. The van der Waals surface area contributed by atoms with Crippen LogP contribution in [0.3, 0.4) is 0 Å². The zero-order valence-corrected chi connectivity index (χ0v) is 16.7. The number of amides is 3. The molecular formula is C21H29FN4O3. The van der Waals surface area contributed by atoms with Crippen LogP contribution < -0.4 is 10.6 Å². The summed E-state index contributed by atoms with van der Waals surface area (Å²) in [7, 11) is 0. The van der Waals surface area contributed by atoms with E-state index < -0.39 is 5.82 Å². The van der Waals surface area contributed by atoms with Gasteiger partial charge < -0.3 is 15.5 Å². The van der Waals surface area contributed by atoms with Crippen LogP contribution in [0.2, 0.25) is 0 Å². The highest BCUT2D eigenvalue weighted by atomic mass is 19.1. The van der Waals surface area contributed by atoms with Crippen molar-refractivity contribution < 1.29 is 18.8 Å². The number of hydrogen-bond acceptors (Lipinski definition) is 4. The zero-order valence-electron chi connectivity index (χ0n) is 16.7. The van der Waals surface area contributed by atoms with Gasteiger partial charge in [0.05, 0.1) is 13.1 Å². The van der Waals surface area contributed by atoms with E-state index in [4.69, 9.17) is 0 Å². The summed E-state index contributed by atoms with van der Waals surface area (Å²) in [5, 5.41) is 5.47. The molecule has 1 aliphatic heterocycles. The second kappa shape index (κ2) is 10.3. The Kier molecular flexibility index (Phi) is 7.57. The van der Waals surface area contributed by atoms with Crippen molar-refractivity contribution in [2.45, 2.75) is 32.1 Å². The normalized spacial score (nSPS) is 18.3. The van der Waals surface area contributed by atoms with Crippen LogP contribution in [0, 0.1) is 11.7 Å². The van der Waals surface area contributed by atoms with Crippen LogP contribution in [-0.4, -0.2) is 66.8 Å². The minimum Gasteiger partial charge on any atom is -0.347 e. The molecule has 2 fully saturated rings. The third-order valence-corrected chi connectivity index (χ3v) is 5.59. The predicted molar refractivity (Wildman–Crippen MR) is 108 cm³/mol. The van der Waals surface area contributed by atoms with E-state index in [1.54, 1.807) is 17.0 Å². The molecule has 1 aromatic carbocycles. The summed E-state index contributed by atoms with van der Waals surface area (Å²) in [6.07, 6.45) is 5.18. The molecule has 1 saturated heterocycles. The van der Waals surface area contributed by atoms with E-state index in [0.29, 0.717) is 31.9 Å². The van der Waals surface area contributed by atoms with E-state index in [9.17, 15) is 18.8 Å². The number of carbonyl (C=O) groups is 3. The number of piperazine rings is 1. The quantitative estimate of drug-likeness (QED) is 0.755. The lowest BCUT2D eigenvalue weighted by atomic mass is 9.89. The van der Waals surface area contributed by atoms with E-state index >= 15 is 0 Å². The molecule has 0 atom stereocenters. The van der Waals surface area contributed by atoms with Gasteiger partial charge in [0.25, 0.3) is 0 Å². The van der Waals surface area contributed by atoms with Gasteiger partial charge in [-0.2, -0.15) is 0 Å². The fourth-order valence-electron chi connectivity index (χ4n) is 3.91. The fraction of sp³-hybridized carbons (Fsp3) is 0.571. The Morgan fingerprint density at radius 2 is 1.76 bits per heavy atom. The van der Waals surface area contributed by atoms with E-state index in [2.05, 4.69) is 10.6 Å². The van der Waals surface area contributed by atoms with Gasteiger partial charge in [0.1, 0.15) is 5.82 Å². The summed E-state index contributed by atoms with van der Waals surface area (Å²) in [5.74, 6) is -0.658. The molecule has 8 heteroatoms. The molecule has 1 saturated carbocycles. The molecule has 0 radical (unpaired) electrons. The number of carbonyl (C=O) groups excluding carboxylic acids is 3. The van der Waals surface area contributed by atoms with E-state index in [1.807, 2.05) is 4.90 Å². The highest BCUT2D eigenvalue weighted by Gasteiger charge is 2.25. The van der Waals surface area contributed by atoms with Crippen molar-refractivity contribution in [3.05, 3.63) is 30.1 Å². The number of rotatable bonds is 6. The first-order chi connectivity index (χ1) is 14.0. The SMILES string of the molecule is O=C(CN1CCN(C(=O)CNC(=O)C2CCCCC2)CC1)Nc1cccc(F)c1. The van der Waals surface area contributed by atoms with E-state index in [-0.39, 0.29) is 36.7 Å². The number of anilines is 1. The van der Waals surface area contributed by atoms with Crippen molar-refractivity contribution in [1.82, 2.24) is 15.1 Å². The minimum absolute atomic E-state index is 0.00861. The summed E-state index contributed by atoms with van der Waals surface area (Å²) in [4.78, 5) is 40.4. The first-order valence-electron chi connectivity index (χ1n) is 10.3. The number of halogens is 1. The lowest BCUT2D eigenvalue weighted by Gasteiger charge is -2.34. The summed E-state index contributed by atoms with van der Waals surface area (Å²) in [6.45, 7) is 2.43. The molecule has 2 N–H and O–H groups in total. The third kappa shape index (κ3) is 6.52. The standard InChI is InChI=1S/C21H29FN4O3/c22-17-7-4-8-18(13-17)24-19(27)15-25-9-11-26(12-10-25)20(28)14-23-21(29)16-5-2-1-3-6-16/h4,7-8,13,16H,1-3,5-6,9-12,14-15H2,(H,23,29)(H,24,27). The average molecular weight is 404 g/mol. The first-order valence-corrected chi connectivity index (χ1v) is 10.3. The van der Waals surface area contributed by atoms with Gasteiger partial charge in [0.15, 0.2) is 0 Å². The molecule has 29 heavy (non-hydrogen) atoms. The van der Waals surface area contributed by atoms with Crippen LogP contribution in [0.25, 0.3) is 0 Å². The molecule has 3 rings (SSSR count). The van der Waals surface area contributed by atoms with Crippen molar-refractivity contribution in [1.29, 1.82) is 0 Å². The Morgan fingerprint density at radius 3 is 2.45 bits per heavy atom. The number of nitrogens with one attached hydrogen (secondary N) is 2. The lowest BCUT2D eigenvalue weighted by Crippen LogP contribution is -2.52. The number of hydrogen-bond donors (Lipinski definition) is 2. The van der Waals surface area contributed by atoms with Crippen molar-refractivity contribution in [2.24, 2.45) is 5.92 Å².